The summed E-state index contributed by atoms with van der Waals surface area (Å²) in [4.78, 5) is 30.7. The van der Waals surface area contributed by atoms with Crippen molar-refractivity contribution in [3.63, 3.8) is 0 Å². The van der Waals surface area contributed by atoms with Gasteiger partial charge in [0.2, 0.25) is 0 Å². The van der Waals surface area contributed by atoms with Gasteiger partial charge in [-0.15, -0.1) is 0 Å². The highest BCUT2D eigenvalue weighted by atomic mass is 35.5. The quantitative estimate of drug-likeness (QED) is 0.267. The van der Waals surface area contributed by atoms with Crippen molar-refractivity contribution in [3.05, 3.63) is 119 Å². The van der Waals surface area contributed by atoms with Crippen molar-refractivity contribution in [1.82, 2.24) is 14.6 Å². The van der Waals surface area contributed by atoms with E-state index < -0.39 is 17.8 Å². The largest absolute Gasteiger partial charge is 0.433 e. The van der Waals surface area contributed by atoms with Crippen LogP contribution in [0.5, 0.6) is 0 Å². The van der Waals surface area contributed by atoms with Gasteiger partial charge in [0.15, 0.2) is 17.1 Å². The average Bonchev–Trinajstić information content (AvgIpc) is 3.33. The third-order valence-electron chi connectivity index (χ3n) is 5.59. The fourth-order valence-corrected chi connectivity index (χ4v) is 4.00. The van der Waals surface area contributed by atoms with Crippen molar-refractivity contribution in [2.75, 3.05) is 5.32 Å². The molecular weight excluding hydrogens is 505 g/mol. The molecule has 0 unspecified atom stereocenters. The molecule has 2 aromatic heterocycles. The van der Waals surface area contributed by atoms with E-state index in [9.17, 15) is 22.8 Å². The molecule has 0 fully saturated rings. The van der Waals surface area contributed by atoms with Gasteiger partial charge in [-0.1, -0.05) is 72.3 Å². The fourth-order valence-electron chi connectivity index (χ4n) is 3.83. The Morgan fingerprint density at radius 3 is 2.22 bits per heavy atom. The summed E-state index contributed by atoms with van der Waals surface area (Å²) in [6.07, 6.45) is -3.74. The molecule has 1 amide bonds. The summed E-state index contributed by atoms with van der Waals surface area (Å²) in [6.45, 7) is 0. The van der Waals surface area contributed by atoms with Gasteiger partial charge < -0.3 is 5.32 Å². The highest BCUT2D eigenvalue weighted by Crippen LogP contribution is 2.33. The highest BCUT2D eigenvalue weighted by molar-refractivity contribution is 6.31. The standard InChI is InChI=1S/C27H16ClF3N4O2/c28-18-11-12-21(19(13-18)24(36)17-9-5-2-6-10-17)34-26(37)20-15-32-35-23(27(29,30)31)14-22(33-25(20)35)16-7-3-1-4-8-16/h1-15H,(H,34,37). The molecule has 0 atom stereocenters. The van der Waals surface area contributed by atoms with E-state index in [1.54, 1.807) is 60.7 Å². The Hall–Kier alpha value is -4.50. The van der Waals surface area contributed by atoms with Gasteiger partial charge in [-0.05, 0) is 24.3 Å². The first-order chi connectivity index (χ1) is 17.7. The lowest BCUT2D eigenvalue weighted by molar-refractivity contribution is -0.142. The molecular formula is C27H16ClF3N4O2. The summed E-state index contributed by atoms with van der Waals surface area (Å²) in [5.41, 5.74) is -0.456. The SMILES string of the molecule is O=C(c1ccccc1)c1cc(Cl)ccc1NC(=O)c1cnn2c(C(F)(F)F)cc(-c3ccccc3)nc12. The van der Waals surface area contributed by atoms with Crippen LogP contribution in [0.2, 0.25) is 5.02 Å². The van der Waals surface area contributed by atoms with Gasteiger partial charge in [0.1, 0.15) is 5.56 Å². The van der Waals surface area contributed by atoms with Crippen molar-refractivity contribution in [2.45, 2.75) is 6.18 Å². The van der Waals surface area contributed by atoms with Crippen molar-refractivity contribution >= 4 is 34.6 Å². The van der Waals surface area contributed by atoms with E-state index in [1.807, 2.05) is 0 Å². The highest BCUT2D eigenvalue weighted by Gasteiger charge is 2.36. The number of nitrogens with one attached hydrogen (secondary N) is 1. The van der Waals surface area contributed by atoms with Crippen molar-refractivity contribution in [3.8, 4) is 11.3 Å². The Labute approximate surface area is 213 Å². The number of benzene rings is 3. The maximum Gasteiger partial charge on any atom is 0.433 e. The number of aromatic nitrogens is 3. The molecule has 37 heavy (non-hydrogen) atoms. The summed E-state index contributed by atoms with van der Waals surface area (Å²) in [5, 5.41) is 6.67. The van der Waals surface area contributed by atoms with Gasteiger partial charge in [0, 0.05) is 21.7 Å². The van der Waals surface area contributed by atoms with E-state index in [2.05, 4.69) is 15.4 Å². The van der Waals surface area contributed by atoms with Crippen LogP contribution in [0.3, 0.4) is 0 Å². The molecule has 0 spiro atoms. The van der Waals surface area contributed by atoms with Gasteiger partial charge in [-0.25, -0.2) is 9.50 Å². The minimum absolute atomic E-state index is 0.0291. The predicted molar refractivity (Wildman–Crippen MR) is 133 cm³/mol. The summed E-state index contributed by atoms with van der Waals surface area (Å²) in [7, 11) is 0. The molecule has 1 N–H and O–H groups in total. The number of carbonyl (C=O) groups is 2. The van der Waals surface area contributed by atoms with Crippen molar-refractivity contribution in [1.29, 1.82) is 0 Å². The third kappa shape index (κ3) is 4.81. The van der Waals surface area contributed by atoms with E-state index in [4.69, 9.17) is 11.6 Å². The second-order valence-electron chi connectivity index (χ2n) is 8.02. The number of amides is 1. The minimum Gasteiger partial charge on any atom is -0.321 e. The third-order valence-corrected chi connectivity index (χ3v) is 5.82. The van der Waals surface area contributed by atoms with E-state index in [1.165, 1.54) is 18.2 Å². The molecule has 0 aliphatic rings. The molecule has 0 saturated carbocycles. The first kappa shape index (κ1) is 24.2. The Morgan fingerprint density at radius 1 is 0.865 bits per heavy atom. The molecule has 2 heterocycles. The number of hydrogen-bond donors (Lipinski definition) is 1. The Balaban J connectivity index is 1.58. The van der Waals surface area contributed by atoms with E-state index in [0.29, 0.717) is 15.6 Å². The predicted octanol–water partition coefficient (Wildman–Crippen LogP) is 6.55. The lowest BCUT2D eigenvalue weighted by atomic mass is 10.0. The van der Waals surface area contributed by atoms with E-state index in [0.717, 1.165) is 12.3 Å². The topological polar surface area (TPSA) is 76.4 Å². The van der Waals surface area contributed by atoms with Gasteiger partial charge in [0.25, 0.3) is 5.91 Å². The van der Waals surface area contributed by atoms with E-state index in [-0.39, 0.29) is 39.0 Å². The number of hydrogen-bond acceptors (Lipinski definition) is 4. The smallest absolute Gasteiger partial charge is 0.321 e. The van der Waals surface area contributed by atoms with Crippen LogP contribution >= 0.6 is 11.6 Å². The lowest BCUT2D eigenvalue weighted by Gasteiger charge is -2.13. The van der Waals surface area contributed by atoms with Crippen LogP contribution in [-0.4, -0.2) is 26.3 Å². The number of ketones is 1. The number of nitrogens with zero attached hydrogens (tertiary/aromatic N) is 3. The maximum atomic E-state index is 13.9. The summed E-state index contributed by atoms with van der Waals surface area (Å²) in [6, 6.07) is 21.9. The molecule has 5 aromatic rings. The average molecular weight is 521 g/mol. The molecule has 6 nitrogen and oxygen atoms in total. The summed E-state index contributed by atoms with van der Waals surface area (Å²) >= 11 is 6.10. The van der Waals surface area contributed by atoms with Crippen molar-refractivity contribution < 1.29 is 22.8 Å². The van der Waals surface area contributed by atoms with Crippen molar-refractivity contribution in [2.24, 2.45) is 0 Å². The zero-order valence-corrected chi connectivity index (χ0v) is 19.6. The number of alkyl halides is 3. The van der Waals surface area contributed by atoms with Crippen LogP contribution in [-0.2, 0) is 6.18 Å². The summed E-state index contributed by atoms with van der Waals surface area (Å²) < 4.78 is 42.2. The molecule has 0 bridgehead atoms. The molecule has 0 aliphatic heterocycles. The Kier molecular flexibility index (Phi) is 6.22. The molecule has 0 radical (unpaired) electrons. The Bertz CT molecular complexity index is 1630. The minimum atomic E-state index is -4.75. The van der Waals surface area contributed by atoms with Crippen LogP contribution in [0, 0.1) is 0 Å². The van der Waals surface area contributed by atoms with Gasteiger partial charge in [-0.3, -0.25) is 9.59 Å². The van der Waals surface area contributed by atoms with Crippen LogP contribution in [0.1, 0.15) is 32.0 Å². The molecule has 3 aromatic carbocycles. The number of halogens is 4. The van der Waals surface area contributed by atoms with Gasteiger partial charge in [-0.2, -0.15) is 18.3 Å². The number of anilines is 1. The Morgan fingerprint density at radius 2 is 1.54 bits per heavy atom. The van der Waals surface area contributed by atoms with Gasteiger partial charge in [0.05, 0.1) is 17.6 Å². The first-order valence-electron chi connectivity index (χ1n) is 10.9. The number of rotatable bonds is 5. The molecule has 0 aliphatic carbocycles. The number of carbonyl (C=O) groups excluding carboxylic acids is 2. The van der Waals surface area contributed by atoms with Gasteiger partial charge >= 0.3 is 6.18 Å². The van der Waals surface area contributed by atoms with E-state index >= 15 is 0 Å². The monoisotopic (exact) mass is 520 g/mol. The van der Waals surface area contributed by atoms with Crippen LogP contribution in [0.25, 0.3) is 16.9 Å². The molecule has 5 rings (SSSR count). The zero-order chi connectivity index (χ0) is 26.2. The summed E-state index contributed by atoms with van der Waals surface area (Å²) in [5.74, 6) is -1.17. The lowest BCUT2D eigenvalue weighted by Crippen LogP contribution is -2.17. The second-order valence-corrected chi connectivity index (χ2v) is 8.46. The fraction of sp³-hybridized carbons (Fsp3) is 0.0370. The van der Waals surface area contributed by atoms with Crippen LogP contribution < -0.4 is 5.32 Å². The first-order valence-corrected chi connectivity index (χ1v) is 11.3. The number of fused-ring (bicyclic) bond motifs is 1. The van der Waals surface area contributed by atoms with Crippen LogP contribution in [0.15, 0.2) is 91.1 Å². The normalized spacial score (nSPS) is 11.5. The zero-order valence-electron chi connectivity index (χ0n) is 18.8. The molecule has 0 saturated heterocycles. The molecule has 184 valence electrons. The second kappa shape index (κ2) is 9.51. The van der Waals surface area contributed by atoms with Crippen LogP contribution in [0.4, 0.5) is 18.9 Å². The maximum absolute atomic E-state index is 13.9. The molecule has 10 heteroatoms.